The number of carboxylic acid groups (broad SMARTS) is 1. The molecular formula is C7H12FNO3. The lowest BCUT2D eigenvalue weighted by Gasteiger charge is -2.29. The summed E-state index contributed by atoms with van der Waals surface area (Å²) in [5.41, 5.74) is 0. The molecule has 0 aromatic carbocycles. The molecule has 1 unspecified atom stereocenters. The lowest BCUT2D eigenvalue weighted by molar-refractivity contribution is -0.156. The van der Waals surface area contributed by atoms with Crippen LogP contribution in [0.1, 0.15) is 0 Å². The number of aliphatic carboxylic acids is 1. The Labute approximate surface area is 69.9 Å². The lowest BCUT2D eigenvalue weighted by Crippen LogP contribution is -2.46. The van der Waals surface area contributed by atoms with E-state index in [1.165, 1.54) is 0 Å². The second-order valence-corrected chi connectivity index (χ2v) is 2.69. The van der Waals surface area contributed by atoms with E-state index >= 15 is 0 Å². The van der Waals surface area contributed by atoms with Gasteiger partial charge >= 0.3 is 5.97 Å². The summed E-state index contributed by atoms with van der Waals surface area (Å²) in [6, 6.07) is 0. The van der Waals surface area contributed by atoms with Crippen LogP contribution in [0.5, 0.6) is 0 Å². The highest BCUT2D eigenvalue weighted by Crippen LogP contribution is 2.04. The van der Waals surface area contributed by atoms with Crippen molar-refractivity contribution in [1.29, 1.82) is 0 Å². The summed E-state index contributed by atoms with van der Waals surface area (Å²) in [7, 11) is 0. The number of carbonyl (C=O) groups is 1. The Morgan fingerprint density at radius 1 is 1.75 bits per heavy atom. The number of ether oxygens (including phenoxy) is 1. The summed E-state index contributed by atoms with van der Waals surface area (Å²) in [5, 5.41) is 8.58. The number of hydrogen-bond donors (Lipinski definition) is 1. The van der Waals surface area contributed by atoms with E-state index in [4.69, 9.17) is 9.84 Å². The Balaban J connectivity index is 2.35. The van der Waals surface area contributed by atoms with E-state index in [0.717, 1.165) is 0 Å². The minimum atomic E-state index is -0.974. The molecule has 0 amide bonds. The van der Waals surface area contributed by atoms with Crippen molar-refractivity contribution in [2.24, 2.45) is 0 Å². The molecule has 1 rings (SSSR count). The fourth-order valence-corrected chi connectivity index (χ4v) is 1.17. The topological polar surface area (TPSA) is 49.8 Å². The molecule has 1 aliphatic heterocycles. The summed E-state index contributed by atoms with van der Waals surface area (Å²) in [5.74, 6) is -0.974. The van der Waals surface area contributed by atoms with Gasteiger partial charge in [0.05, 0.1) is 6.61 Å². The van der Waals surface area contributed by atoms with Crippen LogP contribution in [0.15, 0.2) is 0 Å². The van der Waals surface area contributed by atoms with Gasteiger partial charge in [0.15, 0.2) is 6.10 Å². The maximum Gasteiger partial charge on any atom is 0.334 e. The first-order chi connectivity index (χ1) is 5.74. The SMILES string of the molecule is O=C(O)C1CN(CCF)CCO1. The molecule has 12 heavy (non-hydrogen) atoms. The molecule has 1 aliphatic rings. The van der Waals surface area contributed by atoms with Crippen LogP contribution in [0.25, 0.3) is 0 Å². The van der Waals surface area contributed by atoms with Gasteiger partial charge in [0.25, 0.3) is 0 Å². The molecule has 0 aromatic heterocycles. The maximum absolute atomic E-state index is 11.9. The van der Waals surface area contributed by atoms with Crippen molar-refractivity contribution in [2.75, 3.05) is 32.9 Å². The third-order valence-corrected chi connectivity index (χ3v) is 1.83. The molecule has 5 heteroatoms. The minimum Gasteiger partial charge on any atom is -0.479 e. The predicted octanol–water partition coefficient (Wildman–Crippen LogP) is -0.259. The minimum absolute atomic E-state index is 0.291. The Bertz CT molecular complexity index is 163. The number of alkyl halides is 1. The molecule has 1 fully saturated rings. The molecule has 1 saturated heterocycles. The van der Waals surface area contributed by atoms with Crippen LogP contribution in [0.3, 0.4) is 0 Å². The summed E-state index contributed by atoms with van der Waals surface area (Å²) in [6.45, 7) is 1.14. The van der Waals surface area contributed by atoms with Crippen molar-refractivity contribution >= 4 is 5.97 Å². The van der Waals surface area contributed by atoms with Gasteiger partial charge in [-0.3, -0.25) is 4.90 Å². The fourth-order valence-electron chi connectivity index (χ4n) is 1.17. The smallest absolute Gasteiger partial charge is 0.334 e. The number of rotatable bonds is 3. The maximum atomic E-state index is 11.9. The first kappa shape index (κ1) is 9.41. The second kappa shape index (κ2) is 4.37. The first-order valence-corrected chi connectivity index (χ1v) is 3.86. The average molecular weight is 177 g/mol. The highest BCUT2D eigenvalue weighted by molar-refractivity contribution is 5.72. The first-order valence-electron chi connectivity index (χ1n) is 3.86. The van der Waals surface area contributed by atoms with Crippen molar-refractivity contribution in [3.8, 4) is 0 Å². The van der Waals surface area contributed by atoms with Crippen LogP contribution in [-0.2, 0) is 9.53 Å². The van der Waals surface area contributed by atoms with Gasteiger partial charge in [0.1, 0.15) is 6.67 Å². The third kappa shape index (κ3) is 2.42. The number of hydrogen-bond acceptors (Lipinski definition) is 3. The summed E-state index contributed by atoms with van der Waals surface area (Å²) in [6.07, 6.45) is -0.787. The molecule has 0 aliphatic carbocycles. The molecule has 1 heterocycles. The van der Waals surface area contributed by atoms with Crippen LogP contribution in [0, 0.1) is 0 Å². The Hall–Kier alpha value is -0.680. The largest absolute Gasteiger partial charge is 0.479 e. The third-order valence-electron chi connectivity index (χ3n) is 1.83. The van der Waals surface area contributed by atoms with Crippen LogP contribution >= 0.6 is 0 Å². The van der Waals surface area contributed by atoms with Crippen LogP contribution in [-0.4, -0.2) is 55.0 Å². The van der Waals surface area contributed by atoms with Gasteiger partial charge in [-0.25, -0.2) is 9.18 Å². The number of morpholine rings is 1. The Morgan fingerprint density at radius 2 is 2.50 bits per heavy atom. The standard InChI is InChI=1S/C7H12FNO3/c8-1-2-9-3-4-12-6(5-9)7(10)11/h6H,1-5H2,(H,10,11). The molecule has 4 nitrogen and oxygen atoms in total. The Kier molecular flexibility index (Phi) is 3.43. The average Bonchev–Trinajstić information content (AvgIpc) is 2.05. The van der Waals surface area contributed by atoms with Crippen molar-refractivity contribution in [2.45, 2.75) is 6.10 Å². The molecule has 1 N–H and O–H groups in total. The molecule has 0 radical (unpaired) electrons. The monoisotopic (exact) mass is 177 g/mol. The zero-order valence-electron chi connectivity index (χ0n) is 6.70. The van der Waals surface area contributed by atoms with Crippen LogP contribution in [0.2, 0.25) is 0 Å². The molecular weight excluding hydrogens is 165 g/mol. The zero-order valence-corrected chi connectivity index (χ0v) is 6.70. The van der Waals surface area contributed by atoms with Crippen molar-refractivity contribution in [3.05, 3.63) is 0 Å². The summed E-state index contributed by atoms with van der Waals surface area (Å²) in [4.78, 5) is 12.2. The number of halogens is 1. The van der Waals surface area contributed by atoms with Gasteiger partial charge < -0.3 is 9.84 Å². The summed E-state index contributed by atoms with van der Waals surface area (Å²) >= 11 is 0. The quantitative estimate of drug-likeness (QED) is 0.645. The van der Waals surface area contributed by atoms with Gasteiger partial charge in [-0.1, -0.05) is 0 Å². The van der Waals surface area contributed by atoms with Crippen molar-refractivity contribution in [1.82, 2.24) is 4.90 Å². The van der Waals surface area contributed by atoms with E-state index in [1.807, 2.05) is 0 Å². The molecule has 0 spiro atoms. The van der Waals surface area contributed by atoms with E-state index in [0.29, 0.717) is 26.2 Å². The van der Waals surface area contributed by atoms with Gasteiger partial charge in [-0.2, -0.15) is 0 Å². The second-order valence-electron chi connectivity index (χ2n) is 2.69. The predicted molar refractivity (Wildman–Crippen MR) is 39.8 cm³/mol. The molecule has 70 valence electrons. The molecule has 0 aromatic rings. The van der Waals surface area contributed by atoms with Crippen LogP contribution in [0.4, 0.5) is 4.39 Å². The van der Waals surface area contributed by atoms with Gasteiger partial charge in [0.2, 0.25) is 0 Å². The number of nitrogens with zero attached hydrogens (tertiary/aromatic N) is 1. The highest BCUT2D eigenvalue weighted by Gasteiger charge is 2.25. The zero-order chi connectivity index (χ0) is 8.97. The highest BCUT2D eigenvalue weighted by atomic mass is 19.1. The Morgan fingerprint density at radius 3 is 3.08 bits per heavy atom. The van der Waals surface area contributed by atoms with Crippen molar-refractivity contribution < 1.29 is 19.0 Å². The number of carboxylic acids is 1. The molecule has 0 saturated carbocycles. The lowest BCUT2D eigenvalue weighted by atomic mass is 10.3. The van der Waals surface area contributed by atoms with Gasteiger partial charge in [-0.15, -0.1) is 0 Å². The van der Waals surface area contributed by atoms with E-state index in [-0.39, 0.29) is 0 Å². The van der Waals surface area contributed by atoms with E-state index in [9.17, 15) is 9.18 Å². The molecule has 1 atom stereocenters. The normalized spacial score (nSPS) is 25.6. The van der Waals surface area contributed by atoms with E-state index in [2.05, 4.69) is 0 Å². The van der Waals surface area contributed by atoms with Gasteiger partial charge in [0, 0.05) is 19.6 Å². The van der Waals surface area contributed by atoms with E-state index < -0.39 is 18.7 Å². The van der Waals surface area contributed by atoms with Gasteiger partial charge in [-0.05, 0) is 0 Å². The molecule has 0 bridgehead atoms. The van der Waals surface area contributed by atoms with Crippen molar-refractivity contribution in [3.63, 3.8) is 0 Å². The summed E-state index contributed by atoms with van der Waals surface area (Å²) < 4.78 is 16.8. The fraction of sp³-hybridized carbons (Fsp3) is 0.857. The van der Waals surface area contributed by atoms with Crippen LogP contribution < -0.4 is 0 Å². The van der Waals surface area contributed by atoms with E-state index in [1.54, 1.807) is 4.90 Å².